The van der Waals surface area contributed by atoms with Crippen molar-refractivity contribution in [2.24, 2.45) is 7.05 Å². The van der Waals surface area contributed by atoms with Crippen molar-refractivity contribution in [3.63, 3.8) is 0 Å². The normalized spacial score (nSPS) is 10.6. The third kappa shape index (κ3) is 3.34. The highest BCUT2D eigenvalue weighted by Crippen LogP contribution is 2.18. The minimum absolute atomic E-state index is 0.504. The quantitative estimate of drug-likeness (QED) is 0.847. The number of aryl methyl sites for hydroxylation is 1. The zero-order valence-electron chi connectivity index (χ0n) is 10.9. The minimum atomic E-state index is 0.504. The molecule has 0 fully saturated rings. The summed E-state index contributed by atoms with van der Waals surface area (Å²) in [5.41, 5.74) is 2.12. The van der Waals surface area contributed by atoms with Gasteiger partial charge in [-0.3, -0.25) is 4.68 Å². The lowest BCUT2D eigenvalue weighted by Gasteiger charge is -2.10. The van der Waals surface area contributed by atoms with Crippen LogP contribution in [0.3, 0.4) is 0 Å². The Balaban J connectivity index is 1.99. The lowest BCUT2D eigenvalue weighted by atomic mass is 10.2. The van der Waals surface area contributed by atoms with Gasteiger partial charge in [0.1, 0.15) is 12.4 Å². The molecule has 1 heterocycles. The molecule has 1 N–H and O–H groups in total. The SMILES string of the molecule is CCNCc1ccccc1OCc1ccn(C)n1. The number of benzene rings is 1. The molecule has 1 aromatic carbocycles. The van der Waals surface area contributed by atoms with Gasteiger partial charge < -0.3 is 10.1 Å². The van der Waals surface area contributed by atoms with Crippen molar-refractivity contribution >= 4 is 0 Å². The van der Waals surface area contributed by atoms with Gasteiger partial charge in [0.05, 0.1) is 5.69 Å². The summed E-state index contributed by atoms with van der Waals surface area (Å²) in [6, 6.07) is 10.1. The van der Waals surface area contributed by atoms with Crippen molar-refractivity contribution in [1.29, 1.82) is 0 Å². The van der Waals surface area contributed by atoms with Crippen LogP contribution >= 0.6 is 0 Å². The molecule has 2 rings (SSSR count). The molecule has 96 valence electrons. The second kappa shape index (κ2) is 6.21. The fraction of sp³-hybridized carbons (Fsp3) is 0.357. The molecule has 0 unspecified atom stereocenters. The monoisotopic (exact) mass is 245 g/mol. The molecule has 0 amide bonds. The molecule has 0 aliphatic heterocycles. The Hall–Kier alpha value is -1.81. The molecule has 0 spiro atoms. The summed E-state index contributed by atoms with van der Waals surface area (Å²) in [7, 11) is 1.91. The number of para-hydroxylation sites is 1. The molecule has 0 aliphatic rings. The van der Waals surface area contributed by atoms with E-state index in [1.165, 1.54) is 5.56 Å². The maximum absolute atomic E-state index is 5.82. The van der Waals surface area contributed by atoms with Gasteiger partial charge in [0.15, 0.2) is 0 Å². The van der Waals surface area contributed by atoms with Crippen LogP contribution in [-0.2, 0) is 20.2 Å². The van der Waals surface area contributed by atoms with Crippen molar-refractivity contribution < 1.29 is 4.74 Å². The van der Waals surface area contributed by atoms with Gasteiger partial charge in [-0.1, -0.05) is 25.1 Å². The van der Waals surface area contributed by atoms with E-state index in [-0.39, 0.29) is 0 Å². The first-order valence-electron chi connectivity index (χ1n) is 6.19. The van der Waals surface area contributed by atoms with Gasteiger partial charge in [0, 0.05) is 25.4 Å². The molecule has 1 aromatic heterocycles. The Kier molecular flexibility index (Phi) is 4.36. The molecule has 0 aliphatic carbocycles. The zero-order chi connectivity index (χ0) is 12.8. The summed E-state index contributed by atoms with van der Waals surface area (Å²) >= 11 is 0. The zero-order valence-corrected chi connectivity index (χ0v) is 10.9. The summed E-state index contributed by atoms with van der Waals surface area (Å²) in [5, 5.41) is 7.60. The van der Waals surface area contributed by atoms with Gasteiger partial charge in [-0.05, 0) is 18.7 Å². The molecule has 0 saturated carbocycles. The number of hydrogen-bond donors (Lipinski definition) is 1. The van der Waals surface area contributed by atoms with E-state index in [9.17, 15) is 0 Å². The largest absolute Gasteiger partial charge is 0.487 e. The van der Waals surface area contributed by atoms with Crippen LogP contribution in [0.2, 0.25) is 0 Å². The highest BCUT2D eigenvalue weighted by molar-refractivity contribution is 5.33. The van der Waals surface area contributed by atoms with Gasteiger partial charge in [-0.15, -0.1) is 0 Å². The average molecular weight is 245 g/mol. The van der Waals surface area contributed by atoms with Crippen molar-refractivity contribution in [1.82, 2.24) is 15.1 Å². The summed E-state index contributed by atoms with van der Waals surface area (Å²) < 4.78 is 7.60. The third-order valence-corrected chi connectivity index (χ3v) is 2.68. The van der Waals surface area contributed by atoms with Gasteiger partial charge in [0.25, 0.3) is 0 Å². The van der Waals surface area contributed by atoms with Crippen LogP contribution in [0.5, 0.6) is 5.75 Å². The number of nitrogens with one attached hydrogen (secondary N) is 1. The number of nitrogens with zero attached hydrogens (tertiary/aromatic N) is 2. The highest BCUT2D eigenvalue weighted by Gasteiger charge is 2.03. The van der Waals surface area contributed by atoms with E-state index in [1.807, 2.05) is 37.5 Å². The number of ether oxygens (including phenoxy) is 1. The van der Waals surface area contributed by atoms with E-state index in [4.69, 9.17) is 4.74 Å². The second-order valence-corrected chi connectivity index (χ2v) is 4.16. The standard InChI is InChI=1S/C14H19N3O/c1-3-15-10-12-6-4-5-7-14(12)18-11-13-8-9-17(2)16-13/h4-9,15H,3,10-11H2,1-2H3. The highest BCUT2D eigenvalue weighted by atomic mass is 16.5. The average Bonchev–Trinajstić information content (AvgIpc) is 2.81. The van der Waals surface area contributed by atoms with Crippen LogP contribution in [0.15, 0.2) is 36.5 Å². The minimum Gasteiger partial charge on any atom is -0.487 e. The van der Waals surface area contributed by atoms with Gasteiger partial charge in [-0.25, -0.2) is 0 Å². The molecule has 0 radical (unpaired) electrons. The van der Waals surface area contributed by atoms with Crippen LogP contribution in [0, 0.1) is 0 Å². The molecule has 18 heavy (non-hydrogen) atoms. The predicted octanol–water partition coefficient (Wildman–Crippen LogP) is 2.11. The van der Waals surface area contributed by atoms with E-state index in [0.29, 0.717) is 6.61 Å². The van der Waals surface area contributed by atoms with Crippen LogP contribution in [0.25, 0.3) is 0 Å². The number of rotatable bonds is 6. The fourth-order valence-corrected chi connectivity index (χ4v) is 1.74. The maximum Gasteiger partial charge on any atom is 0.132 e. The van der Waals surface area contributed by atoms with Crippen LogP contribution in [0.1, 0.15) is 18.2 Å². The lowest BCUT2D eigenvalue weighted by molar-refractivity contribution is 0.296. The van der Waals surface area contributed by atoms with E-state index in [0.717, 1.165) is 24.5 Å². The van der Waals surface area contributed by atoms with E-state index in [2.05, 4.69) is 23.4 Å². The molecule has 4 nitrogen and oxygen atoms in total. The van der Waals surface area contributed by atoms with Gasteiger partial charge >= 0.3 is 0 Å². The van der Waals surface area contributed by atoms with Gasteiger partial charge in [-0.2, -0.15) is 5.10 Å². The van der Waals surface area contributed by atoms with Crippen molar-refractivity contribution in [2.75, 3.05) is 6.54 Å². The Morgan fingerprint density at radius 1 is 1.28 bits per heavy atom. The Labute approximate surface area is 108 Å². The first-order chi connectivity index (χ1) is 8.79. The van der Waals surface area contributed by atoms with Crippen LogP contribution in [0.4, 0.5) is 0 Å². The fourth-order valence-electron chi connectivity index (χ4n) is 1.74. The number of hydrogen-bond acceptors (Lipinski definition) is 3. The molecule has 0 atom stereocenters. The molecule has 0 bridgehead atoms. The topological polar surface area (TPSA) is 39.1 Å². The Morgan fingerprint density at radius 3 is 2.83 bits per heavy atom. The maximum atomic E-state index is 5.82. The van der Waals surface area contributed by atoms with Crippen LogP contribution in [-0.4, -0.2) is 16.3 Å². The Bertz CT molecular complexity index is 493. The summed E-state index contributed by atoms with van der Waals surface area (Å²) in [5.74, 6) is 0.920. The van der Waals surface area contributed by atoms with Crippen LogP contribution < -0.4 is 10.1 Å². The Morgan fingerprint density at radius 2 is 2.11 bits per heavy atom. The first-order valence-corrected chi connectivity index (χ1v) is 6.19. The lowest BCUT2D eigenvalue weighted by Crippen LogP contribution is -2.12. The third-order valence-electron chi connectivity index (χ3n) is 2.68. The molecular formula is C14H19N3O. The summed E-state index contributed by atoms with van der Waals surface area (Å²) in [4.78, 5) is 0. The van der Waals surface area contributed by atoms with Crippen molar-refractivity contribution in [3.05, 3.63) is 47.8 Å². The smallest absolute Gasteiger partial charge is 0.132 e. The second-order valence-electron chi connectivity index (χ2n) is 4.16. The summed E-state index contributed by atoms with van der Waals surface area (Å²) in [6.45, 7) is 4.38. The van der Waals surface area contributed by atoms with E-state index < -0.39 is 0 Å². The van der Waals surface area contributed by atoms with Crippen molar-refractivity contribution in [2.45, 2.75) is 20.1 Å². The molecular weight excluding hydrogens is 226 g/mol. The predicted molar refractivity (Wildman–Crippen MR) is 71.4 cm³/mol. The number of aromatic nitrogens is 2. The molecule has 4 heteroatoms. The van der Waals surface area contributed by atoms with E-state index >= 15 is 0 Å². The van der Waals surface area contributed by atoms with Gasteiger partial charge in [0.2, 0.25) is 0 Å². The molecule has 2 aromatic rings. The molecule has 0 saturated heterocycles. The summed E-state index contributed by atoms with van der Waals surface area (Å²) in [6.07, 6.45) is 1.92. The van der Waals surface area contributed by atoms with E-state index in [1.54, 1.807) is 4.68 Å². The van der Waals surface area contributed by atoms with Crippen molar-refractivity contribution in [3.8, 4) is 5.75 Å². The first kappa shape index (κ1) is 12.6.